The molecular formula is C17H18N4O2. The number of hydrogen-bond donors (Lipinski definition) is 2. The van der Waals surface area contributed by atoms with Crippen LogP contribution in [0.5, 0.6) is 5.75 Å². The van der Waals surface area contributed by atoms with Crippen molar-refractivity contribution >= 4 is 5.95 Å². The predicted octanol–water partition coefficient (Wildman–Crippen LogP) is 2.12. The van der Waals surface area contributed by atoms with Crippen molar-refractivity contribution in [2.24, 2.45) is 0 Å². The SMILES string of the molecule is C#Cc1ccc(-c2nnc(NC[C@H]3CCCO3)nc2C)c(O)c1. The summed E-state index contributed by atoms with van der Waals surface area (Å²) >= 11 is 0. The molecule has 0 unspecified atom stereocenters. The van der Waals surface area contributed by atoms with Gasteiger partial charge in [-0.1, -0.05) is 5.92 Å². The molecule has 1 fully saturated rings. The number of aromatic hydroxyl groups is 1. The third-order valence-electron chi connectivity index (χ3n) is 3.79. The van der Waals surface area contributed by atoms with Crippen LogP contribution < -0.4 is 5.32 Å². The lowest BCUT2D eigenvalue weighted by Gasteiger charge is -2.12. The number of rotatable bonds is 4. The molecule has 1 aliphatic heterocycles. The molecule has 6 heteroatoms. The molecule has 1 atom stereocenters. The van der Waals surface area contributed by atoms with Crippen LogP contribution in [-0.4, -0.2) is 39.5 Å². The van der Waals surface area contributed by atoms with Gasteiger partial charge in [0.25, 0.3) is 0 Å². The minimum atomic E-state index is 0.0692. The molecule has 0 bridgehead atoms. The van der Waals surface area contributed by atoms with Crippen LogP contribution in [0.2, 0.25) is 0 Å². The Morgan fingerprint density at radius 1 is 1.43 bits per heavy atom. The van der Waals surface area contributed by atoms with Crippen LogP contribution in [0.4, 0.5) is 5.95 Å². The zero-order valence-electron chi connectivity index (χ0n) is 12.9. The van der Waals surface area contributed by atoms with Crippen molar-refractivity contribution in [1.29, 1.82) is 0 Å². The molecule has 118 valence electrons. The maximum Gasteiger partial charge on any atom is 0.243 e. The number of ether oxygens (including phenoxy) is 1. The summed E-state index contributed by atoms with van der Waals surface area (Å²) in [7, 11) is 0. The number of anilines is 1. The summed E-state index contributed by atoms with van der Waals surface area (Å²) in [5.41, 5.74) is 2.39. The molecule has 0 amide bonds. The smallest absolute Gasteiger partial charge is 0.243 e. The molecule has 2 heterocycles. The molecule has 0 aliphatic carbocycles. The molecule has 0 spiro atoms. The van der Waals surface area contributed by atoms with E-state index in [2.05, 4.69) is 26.4 Å². The average Bonchev–Trinajstić information content (AvgIpc) is 3.07. The molecule has 1 aliphatic rings. The van der Waals surface area contributed by atoms with Crippen molar-refractivity contribution in [2.45, 2.75) is 25.9 Å². The van der Waals surface area contributed by atoms with Gasteiger partial charge in [-0.05, 0) is 38.0 Å². The van der Waals surface area contributed by atoms with Gasteiger partial charge in [-0.3, -0.25) is 0 Å². The number of phenols is 1. The fourth-order valence-electron chi connectivity index (χ4n) is 2.56. The van der Waals surface area contributed by atoms with Crippen LogP contribution >= 0.6 is 0 Å². The molecule has 1 aromatic carbocycles. The van der Waals surface area contributed by atoms with E-state index in [9.17, 15) is 5.11 Å². The van der Waals surface area contributed by atoms with Gasteiger partial charge in [0, 0.05) is 24.3 Å². The van der Waals surface area contributed by atoms with Crippen molar-refractivity contribution in [1.82, 2.24) is 15.2 Å². The number of nitrogens with zero attached hydrogens (tertiary/aromatic N) is 3. The molecule has 6 nitrogen and oxygen atoms in total. The Morgan fingerprint density at radius 3 is 2.96 bits per heavy atom. The number of terminal acetylenes is 1. The summed E-state index contributed by atoms with van der Waals surface area (Å²) in [5.74, 6) is 3.01. The average molecular weight is 310 g/mol. The lowest BCUT2D eigenvalue weighted by Crippen LogP contribution is -2.20. The van der Waals surface area contributed by atoms with Gasteiger partial charge in [0.15, 0.2) is 0 Å². The molecule has 3 rings (SSSR count). The summed E-state index contributed by atoms with van der Waals surface area (Å²) in [5, 5.41) is 21.5. The Bertz CT molecular complexity index is 749. The molecule has 2 aromatic rings. The zero-order chi connectivity index (χ0) is 16.2. The van der Waals surface area contributed by atoms with E-state index in [4.69, 9.17) is 11.2 Å². The number of nitrogens with one attached hydrogen (secondary N) is 1. The van der Waals surface area contributed by atoms with E-state index < -0.39 is 0 Å². The summed E-state index contributed by atoms with van der Waals surface area (Å²) in [4.78, 5) is 4.40. The molecular weight excluding hydrogens is 292 g/mol. The minimum Gasteiger partial charge on any atom is -0.507 e. The Kier molecular flexibility index (Phi) is 4.40. The van der Waals surface area contributed by atoms with Gasteiger partial charge in [0.2, 0.25) is 5.95 Å². The summed E-state index contributed by atoms with van der Waals surface area (Å²) in [6.07, 6.45) is 7.67. The highest BCUT2D eigenvalue weighted by Crippen LogP contribution is 2.29. The Labute approximate surface area is 134 Å². The molecule has 0 radical (unpaired) electrons. The minimum absolute atomic E-state index is 0.0692. The number of hydrogen-bond acceptors (Lipinski definition) is 6. The van der Waals surface area contributed by atoms with E-state index in [1.54, 1.807) is 12.1 Å². The van der Waals surface area contributed by atoms with Gasteiger partial charge in [-0.15, -0.1) is 16.6 Å². The van der Waals surface area contributed by atoms with E-state index >= 15 is 0 Å². The first kappa shape index (κ1) is 15.3. The maximum absolute atomic E-state index is 10.1. The standard InChI is InChI=1S/C17H18N4O2/c1-3-12-6-7-14(15(22)9-12)16-11(2)19-17(21-20-16)18-10-13-5-4-8-23-13/h1,6-7,9,13,22H,4-5,8,10H2,2H3,(H,18,19,21)/t13-/m1/s1. The fraction of sp³-hybridized carbons (Fsp3) is 0.353. The van der Waals surface area contributed by atoms with Crippen LogP contribution in [0.15, 0.2) is 18.2 Å². The van der Waals surface area contributed by atoms with Gasteiger partial charge in [-0.25, -0.2) is 4.98 Å². The van der Waals surface area contributed by atoms with Crippen LogP contribution in [0, 0.1) is 19.3 Å². The first-order valence-electron chi connectivity index (χ1n) is 7.54. The monoisotopic (exact) mass is 310 g/mol. The van der Waals surface area contributed by atoms with Crippen molar-refractivity contribution in [3.05, 3.63) is 29.5 Å². The van der Waals surface area contributed by atoms with Gasteiger partial charge in [-0.2, -0.15) is 0 Å². The molecule has 23 heavy (non-hydrogen) atoms. The quantitative estimate of drug-likeness (QED) is 0.842. The normalized spacial score (nSPS) is 17.0. The van der Waals surface area contributed by atoms with Crippen molar-refractivity contribution in [3.63, 3.8) is 0 Å². The van der Waals surface area contributed by atoms with Crippen molar-refractivity contribution < 1.29 is 9.84 Å². The zero-order valence-corrected chi connectivity index (χ0v) is 12.9. The van der Waals surface area contributed by atoms with Gasteiger partial charge in [0.05, 0.1) is 11.8 Å². The van der Waals surface area contributed by atoms with Crippen molar-refractivity contribution in [2.75, 3.05) is 18.5 Å². The number of benzene rings is 1. The second-order valence-corrected chi connectivity index (χ2v) is 5.46. The number of aromatic nitrogens is 3. The topological polar surface area (TPSA) is 80.2 Å². The van der Waals surface area contributed by atoms with Gasteiger partial charge < -0.3 is 15.2 Å². The van der Waals surface area contributed by atoms with Crippen LogP contribution in [0.3, 0.4) is 0 Å². The Hall–Kier alpha value is -2.65. The lowest BCUT2D eigenvalue weighted by atomic mass is 10.1. The third-order valence-corrected chi connectivity index (χ3v) is 3.79. The van der Waals surface area contributed by atoms with Crippen LogP contribution in [0.25, 0.3) is 11.3 Å². The first-order valence-corrected chi connectivity index (χ1v) is 7.54. The Morgan fingerprint density at radius 2 is 2.30 bits per heavy atom. The van der Waals surface area contributed by atoms with E-state index in [0.717, 1.165) is 19.4 Å². The highest BCUT2D eigenvalue weighted by atomic mass is 16.5. The van der Waals surface area contributed by atoms with E-state index in [-0.39, 0.29) is 11.9 Å². The second kappa shape index (κ2) is 6.63. The highest BCUT2D eigenvalue weighted by molar-refractivity contribution is 5.69. The number of aryl methyl sites for hydroxylation is 1. The molecule has 0 saturated carbocycles. The van der Waals surface area contributed by atoms with Crippen LogP contribution in [-0.2, 0) is 4.74 Å². The maximum atomic E-state index is 10.1. The predicted molar refractivity (Wildman–Crippen MR) is 87.1 cm³/mol. The van der Waals surface area contributed by atoms with Crippen molar-refractivity contribution in [3.8, 4) is 29.4 Å². The Balaban J connectivity index is 1.77. The number of phenolic OH excluding ortho intramolecular Hbond substituents is 1. The van der Waals surface area contributed by atoms with E-state index in [0.29, 0.717) is 35.0 Å². The summed E-state index contributed by atoms with van der Waals surface area (Å²) in [6, 6.07) is 5.00. The first-order chi connectivity index (χ1) is 11.2. The largest absolute Gasteiger partial charge is 0.507 e. The summed E-state index contributed by atoms with van der Waals surface area (Å²) in [6.45, 7) is 3.31. The second-order valence-electron chi connectivity index (χ2n) is 5.46. The third kappa shape index (κ3) is 3.41. The van der Waals surface area contributed by atoms with E-state index in [1.807, 2.05) is 6.92 Å². The van der Waals surface area contributed by atoms with Gasteiger partial charge >= 0.3 is 0 Å². The van der Waals surface area contributed by atoms with E-state index in [1.165, 1.54) is 6.07 Å². The highest BCUT2D eigenvalue weighted by Gasteiger charge is 2.16. The molecule has 2 N–H and O–H groups in total. The van der Waals surface area contributed by atoms with Gasteiger partial charge in [0.1, 0.15) is 11.4 Å². The lowest BCUT2D eigenvalue weighted by molar-refractivity contribution is 0.120. The summed E-state index contributed by atoms with van der Waals surface area (Å²) < 4.78 is 5.55. The molecule has 1 saturated heterocycles. The molecule has 1 aromatic heterocycles. The fourth-order valence-corrected chi connectivity index (χ4v) is 2.56. The van der Waals surface area contributed by atoms with Crippen LogP contribution in [0.1, 0.15) is 24.1 Å².